The van der Waals surface area contributed by atoms with Crippen LogP contribution in [0.2, 0.25) is 0 Å². The maximum Gasteiger partial charge on any atom is 0.397 e. The number of amides is 1. The SMILES string of the molecule is C[C@@H]1COCCN1c1cc2c3c(nn(-c4ccn[nH]4)c3n1)CCN(C(=O)CC(F)(F)F)C2. The Morgan fingerprint density at radius 1 is 1.34 bits per heavy atom. The second-order valence-corrected chi connectivity index (χ2v) is 8.11. The molecule has 3 aromatic heterocycles. The molecule has 1 atom stereocenters. The summed E-state index contributed by atoms with van der Waals surface area (Å²) < 4.78 is 45.8. The van der Waals surface area contributed by atoms with Crippen molar-refractivity contribution in [3.05, 3.63) is 29.6 Å². The van der Waals surface area contributed by atoms with E-state index < -0.39 is 18.5 Å². The van der Waals surface area contributed by atoms with Crippen molar-refractivity contribution < 1.29 is 22.7 Å². The number of aromatic amines is 1. The lowest BCUT2D eigenvalue weighted by atomic mass is 10.1. The van der Waals surface area contributed by atoms with E-state index in [0.29, 0.717) is 49.2 Å². The van der Waals surface area contributed by atoms with Gasteiger partial charge >= 0.3 is 6.18 Å². The van der Waals surface area contributed by atoms with Gasteiger partial charge < -0.3 is 14.5 Å². The molecule has 1 N–H and O–H groups in total. The smallest absolute Gasteiger partial charge is 0.377 e. The van der Waals surface area contributed by atoms with Gasteiger partial charge in [-0.05, 0) is 18.6 Å². The van der Waals surface area contributed by atoms with Crippen LogP contribution in [-0.4, -0.2) is 74.3 Å². The Kier molecular flexibility index (Phi) is 5.03. The van der Waals surface area contributed by atoms with Crippen LogP contribution < -0.4 is 4.90 Å². The normalized spacial score (nSPS) is 19.4. The number of aromatic nitrogens is 5. The molecule has 1 saturated heterocycles. The average Bonchev–Trinajstić information content (AvgIpc) is 3.33. The Hall–Kier alpha value is -3.15. The number of alkyl halides is 3. The van der Waals surface area contributed by atoms with Gasteiger partial charge in [-0.3, -0.25) is 9.89 Å². The Balaban J connectivity index is 1.61. The lowest BCUT2D eigenvalue weighted by molar-refractivity contribution is -0.161. The van der Waals surface area contributed by atoms with Crippen LogP contribution in [0.25, 0.3) is 16.9 Å². The number of morpholine rings is 1. The maximum atomic E-state index is 12.9. The summed E-state index contributed by atoms with van der Waals surface area (Å²) in [5, 5.41) is 12.3. The van der Waals surface area contributed by atoms with Crippen LogP contribution in [0.4, 0.5) is 19.0 Å². The van der Waals surface area contributed by atoms with E-state index in [1.165, 1.54) is 4.90 Å². The van der Waals surface area contributed by atoms with Crippen LogP contribution in [0.3, 0.4) is 0 Å². The first-order chi connectivity index (χ1) is 15.3. The number of rotatable bonds is 3. The van der Waals surface area contributed by atoms with Gasteiger partial charge in [0.1, 0.15) is 12.2 Å². The molecule has 0 aromatic carbocycles. The number of hydrogen-bond acceptors (Lipinski definition) is 6. The highest BCUT2D eigenvalue weighted by Gasteiger charge is 2.35. The lowest BCUT2D eigenvalue weighted by Crippen LogP contribution is -2.44. The van der Waals surface area contributed by atoms with Gasteiger partial charge in [-0.1, -0.05) is 0 Å². The summed E-state index contributed by atoms with van der Waals surface area (Å²) in [6.45, 7) is 4.00. The van der Waals surface area contributed by atoms with Crippen molar-refractivity contribution in [2.45, 2.75) is 38.5 Å². The zero-order chi connectivity index (χ0) is 22.5. The zero-order valence-electron chi connectivity index (χ0n) is 17.4. The second-order valence-electron chi connectivity index (χ2n) is 8.11. The average molecular weight is 449 g/mol. The summed E-state index contributed by atoms with van der Waals surface area (Å²) in [5.74, 6) is 0.383. The fraction of sp³-hybridized carbons (Fsp3) is 0.500. The Morgan fingerprint density at radius 3 is 2.91 bits per heavy atom. The largest absolute Gasteiger partial charge is 0.397 e. The standard InChI is InChI=1S/C20H22F3N7O2/c1-12-11-32-7-6-29(12)16-8-13-10-28(17(31)9-20(21,22)23)5-3-14-18(13)19(25-16)30(27-14)15-2-4-24-26-15/h2,4,8,12H,3,5-7,9-11H2,1H3,(H,24,26)/t12-/m1/s1. The third kappa shape index (κ3) is 3.78. The number of nitrogens with one attached hydrogen (secondary N) is 1. The van der Waals surface area contributed by atoms with Crippen molar-refractivity contribution in [2.24, 2.45) is 0 Å². The van der Waals surface area contributed by atoms with Gasteiger partial charge in [0.15, 0.2) is 11.5 Å². The third-order valence-electron chi connectivity index (χ3n) is 5.84. The molecule has 32 heavy (non-hydrogen) atoms. The first-order valence-corrected chi connectivity index (χ1v) is 10.4. The zero-order valence-corrected chi connectivity index (χ0v) is 17.4. The molecule has 1 fully saturated rings. The van der Waals surface area contributed by atoms with Crippen LogP contribution in [0.5, 0.6) is 0 Å². The molecule has 2 aliphatic rings. The minimum Gasteiger partial charge on any atom is -0.377 e. The molecule has 0 bridgehead atoms. The molecule has 0 unspecified atom stereocenters. The van der Waals surface area contributed by atoms with Crippen LogP contribution in [0.15, 0.2) is 18.3 Å². The predicted octanol–water partition coefficient (Wildman–Crippen LogP) is 2.21. The second kappa shape index (κ2) is 7.76. The monoisotopic (exact) mass is 449 g/mol. The van der Waals surface area contributed by atoms with Crippen LogP contribution >= 0.6 is 0 Å². The minimum absolute atomic E-state index is 0.0708. The van der Waals surface area contributed by atoms with E-state index >= 15 is 0 Å². The summed E-state index contributed by atoms with van der Waals surface area (Å²) in [7, 11) is 0. The van der Waals surface area contributed by atoms with Crippen molar-refractivity contribution in [3.63, 3.8) is 0 Å². The highest BCUT2D eigenvalue weighted by Crippen LogP contribution is 2.33. The first-order valence-electron chi connectivity index (χ1n) is 10.4. The summed E-state index contributed by atoms with van der Waals surface area (Å²) in [5.41, 5.74) is 2.01. The molecule has 12 heteroatoms. The number of ether oxygens (including phenoxy) is 1. The summed E-state index contributed by atoms with van der Waals surface area (Å²) in [6.07, 6.45) is -4.07. The van der Waals surface area contributed by atoms with Crippen LogP contribution in [0.1, 0.15) is 24.6 Å². The van der Waals surface area contributed by atoms with Crippen molar-refractivity contribution in [2.75, 3.05) is 31.2 Å². The molecule has 0 spiro atoms. The summed E-state index contributed by atoms with van der Waals surface area (Å²) in [4.78, 5) is 20.6. The topological polar surface area (TPSA) is 92.2 Å². The van der Waals surface area contributed by atoms with E-state index in [-0.39, 0.29) is 19.1 Å². The van der Waals surface area contributed by atoms with E-state index in [9.17, 15) is 18.0 Å². The number of nitrogens with zero attached hydrogens (tertiary/aromatic N) is 6. The van der Waals surface area contributed by atoms with Gasteiger partial charge in [0.05, 0.1) is 31.1 Å². The first kappa shape index (κ1) is 20.7. The predicted molar refractivity (Wildman–Crippen MR) is 108 cm³/mol. The van der Waals surface area contributed by atoms with Crippen molar-refractivity contribution in [1.29, 1.82) is 0 Å². The molecule has 170 valence electrons. The molecule has 5 rings (SSSR count). The number of carbonyl (C=O) groups excluding carboxylic acids is 1. The van der Waals surface area contributed by atoms with Crippen molar-refractivity contribution in [1.82, 2.24) is 29.9 Å². The molecule has 1 amide bonds. The van der Waals surface area contributed by atoms with Crippen LogP contribution in [-0.2, 0) is 22.5 Å². The molecule has 0 saturated carbocycles. The van der Waals surface area contributed by atoms with E-state index in [4.69, 9.17) is 9.72 Å². The molecule has 0 aliphatic carbocycles. The van der Waals surface area contributed by atoms with Gasteiger partial charge in [-0.25, -0.2) is 4.98 Å². The quantitative estimate of drug-likeness (QED) is 0.659. The molecule has 5 heterocycles. The highest BCUT2D eigenvalue weighted by molar-refractivity contribution is 5.87. The Morgan fingerprint density at radius 2 is 2.19 bits per heavy atom. The molecule has 2 aliphatic heterocycles. The Labute approximate surface area is 181 Å². The van der Waals surface area contributed by atoms with Gasteiger partial charge in [-0.15, -0.1) is 0 Å². The number of pyridine rings is 1. The number of carbonyl (C=O) groups is 1. The number of H-pyrrole nitrogens is 1. The lowest BCUT2D eigenvalue weighted by Gasteiger charge is -2.34. The number of hydrogen-bond donors (Lipinski definition) is 1. The highest BCUT2D eigenvalue weighted by atomic mass is 19.4. The summed E-state index contributed by atoms with van der Waals surface area (Å²) >= 11 is 0. The number of anilines is 1. The summed E-state index contributed by atoms with van der Waals surface area (Å²) in [6, 6.07) is 3.72. The molecule has 3 aromatic rings. The van der Waals surface area contributed by atoms with Gasteiger partial charge in [-0.2, -0.15) is 28.1 Å². The maximum absolute atomic E-state index is 12.9. The van der Waals surface area contributed by atoms with Crippen molar-refractivity contribution >= 4 is 22.8 Å². The van der Waals surface area contributed by atoms with Gasteiger partial charge in [0, 0.05) is 37.5 Å². The van der Waals surface area contributed by atoms with E-state index in [1.54, 1.807) is 16.9 Å². The third-order valence-corrected chi connectivity index (χ3v) is 5.84. The van der Waals surface area contributed by atoms with Gasteiger partial charge in [0.2, 0.25) is 5.91 Å². The fourth-order valence-electron chi connectivity index (χ4n) is 4.32. The van der Waals surface area contributed by atoms with Crippen LogP contribution in [0, 0.1) is 0 Å². The fourth-order valence-corrected chi connectivity index (χ4v) is 4.32. The number of halogens is 3. The molecular weight excluding hydrogens is 427 g/mol. The van der Waals surface area contributed by atoms with E-state index in [1.807, 2.05) is 13.0 Å². The van der Waals surface area contributed by atoms with Gasteiger partial charge in [0.25, 0.3) is 0 Å². The molecular formula is C20H22F3N7O2. The molecule has 0 radical (unpaired) electrons. The van der Waals surface area contributed by atoms with E-state index in [2.05, 4.69) is 20.2 Å². The van der Waals surface area contributed by atoms with Crippen molar-refractivity contribution in [3.8, 4) is 5.82 Å². The Bertz CT molecular complexity index is 1140. The minimum atomic E-state index is -4.55. The molecule has 9 nitrogen and oxygen atoms in total. The van der Waals surface area contributed by atoms with E-state index in [0.717, 1.165) is 10.9 Å².